The number of benzene rings is 3. The maximum atomic E-state index is 5.78. The van der Waals surface area contributed by atoms with Gasteiger partial charge in [0.05, 0.1) is 11.1 Å². The van der Waals surface area contributed by atoms with Crippen molar-refractivity contribution in [2.24, 2.45) is 0 Å². The van der Waals surface area contributed by atoms with E-state index >= 15 is 0 Å². The summed E-state index contributed by atoms with van der Waals surface area (Å²) in [6, 6.07) is 22.9. The lowest BCUT2D eigenvalue weighted by atomic mass is 10.1. The Morgan fingerprint density at radius 3 is 0.773 bits per heavy atom. The molecule has 0 fully saturated rings. The molecule has 210 valence electrons. The Balaban J connectivity index is 1.02. The summed E-state index contributed by atoms with van der Waals surface area (Å²) in [5.74, 6) is 2.29. The molecule has 0 aliphatic heterocycles. The molecule has 3 aromatic carbocycles. The predicted molar refractivity (Wildman–Crippen MR) is 170 cm³/mol. The van der Waals surface area contributed by atoms with Crippen LogP contribution >= 0.6 is 0 Å². The third-order valence-electron chi connectivity index (χ3n) is 7.01. The minimum absolute atomic E-state index is 0.551. The lowest BCUT2D eigenvalue weighted by molar-refractivity contribution is 1.12. The first-order valence-corrected chi connectivity index (χ1v) is 13.7. The lowest BCUT2D eigenvalue weighted by Crippen LogP contribution is -1.95. The van der Waals surface area contributed by atoms with Gasteiger partial charge in [0.2, 0.25) is 0 Å². The molecule has 7 aromatic rings. The van der Waals surface area contributed by atoms with E-state index in [1.165, 1.54) is 0 Å². The molecule has 0 saturated heterocycles. The predicted octanol–water partition coefficient (Wildman–Crippen LogP) is 6.01. The summed E-state index contributed by atoms with van der Waals surface area (Å²) in [6.07, 6.45) is 14.0. The fourth-order valence-electron chi connectivity index (χ4n) is 4.56. The number of hydrogen-bond donors (Lipinski definition) is 2. The Labute approximate surface area is 252 Å². The number of nitrogens with two attached hydrogens (primary N) is 2. The summed E-state index contributed by atoms with van der Waals surface area (Å²) in [4.78, 5) is 36.1. The van der Waals surface area contributed by atoms with Crippen molar-refractivity contribution in [1.82, 2.24) is 39.9 Å². The zero-order valence-corrected chi connectivity index (χ0v) is 23.3. The van der Waals surface area contributed by atoms with Crippen LogP contribution in [0.2, 0.25) is 0 Å². The molecule has 10 heteroatoms. The topological polar surface area (TPSA) is 155 Å². The van der Waals surface area contributed by atoms with Gasteiger partial charge in [-0.1, -0.05) is 48.5 Å². The van der Waals surface area contributed by atoms with E-state index in [1.807, 2.05) is 72.8 Å². The van der Waals surface area contributed by atoms with Crippen LogP contribution in [0.3, 0.4) is 0 Å². The maximum absolute atomic E-state index is 5.78. The van der Waals surface area contributed by atoms with E-state index in [1.54, 1.807) is 49.6 Å². The van der Waals surface area contributed by atoms with Crippen molar-refractivity contribution in [3.63, 3.8) is 0 Å². The van der Waals surface area contributed by atoms with E-state index in [0.717, 1.165) is 44.5 Å². The van der Waals surface area contributed by atoms with Gasteiger partial charge in [0.15, 0.2) is 23.3 Å². The van der Waals surface area contributed by atoms with E-state index in [2.05, 4.69) is 39.9 Å². The Kier molecular flexibility index (Phi) is 6.89. The molecule has 7 rings (SSSR count). The Morgan fingerprint density at radius 1 is 0.250 bits per heavy atom. The second kappa shape index (κ2) is 11.5. The Bertz CT molecular complexity index is 1860. The average molecular weight is 573 g/mol. The van der Waals surface area contributed by atoms with Crippen LogP contribution < -0.4 is 11.5 Å². The minimum Gasteiger partial charge on any atom is -0.399 e. The number of rotatable bonds is 6. The van der Waals surface area contributed by atoms with Crippen LogP contribution in [0.5, 0.6) is 0 Å². The van der Waals surface area contributed by atoms with Crippen LogP contribution in [0.25, 0.3) is 67.8 Å². The van der Waals surface area contributed by atoms with Crippen molar-refractivity contribution in [2.75, 3.05) is 11.5 Å². The summed E-state index contributed by atoms with van der Waals surface area (Å²) in [7, 11) is 0. The molecule has 0 unspecified atom stereocenters. The maximum Gasteiger partial charge on any atom is 0.162 e. The highest BCUT2D eigenvalue weighted by Crippen LogP contribution is 2.25. The van der Waals surface area contributed by atoms with Crippen LogP contribution in [-0.4, -0.2) is 39.9 Å². The number of nitrogen functional groups attached to an aromatic ring is 2. The molecule has 10 nitrogen and oxygen atoms in total. The van der Waals surface area contributed by atoms with Gasteiger partial charge in [-0.25, -0.2) is 39.9 Å². The normalized spacial score (nSPS) is 10.9. The summed E-state index contributed by atoms with van der Waals surface area (Å²) >= 11 is 0. The second-order valence-electron chi connectivity index (χ2n) is 10.0. The van der Waals surface area contributed by atoms with E-state index in [4.69, 9.17) is 11.5 Å². The smallest absolute Gasteiger partial charge is 0.162 e. The quantitative estimate of drug-likeness (QED) is 0.226. The fraction of sp³-hybridized carbons (Fsp3) is 0. The third-order valence-corrected chi connectivity index (χ3v) is 7.01. The molecule has 0 bridgehead atoms. The zero-order chi connectivity index (χ0) is 29.9. The van der Waals surface area contributed by atoms with E-state index < -0.39 is 0 Å². The van der Waals surface area contributed by atoms with Gasteiger partial charge in [-0.15, -0.1) is 0 Å². The SMILES string of the molecule is Nc1ccc(-c2cnc(-c3cnc(-c4ccc(-c5ncc(-c6ncc(-c7ccc(N)cc7)cn6)cn5)cc4)nc3)nc2)cc1. The highest BCUT2D eigenvalue weighted by atomic mass is 14.9. The summed E-state index contributed by atoms with van der Waals surface area (Å²) < 4.78 is 0. The Hall–Kier alpha value is -6.42. The number of nitrogens with zero attached hydrogens (tertiary/aromatic N) is 8. The molecule has 0 radical (unpaired) electrons. The van der Waals surface area contributed by atoms with Gasteiger partial charge >= 0.3 is 0 Å². The third kappa shape index (κ3) is 5.55. The molecule has 0 aliphatic rings. The molecule has 0 saturated carbocycles. The standard InChI is InChI=1S/C34H24N10/c35-29-9-5-21(6-10-29)25-13-37-33(38-14-25)27-17-41-31(42-18-27)23-1-2-24(4-3-23)32-43-19-28(20-44-32)34-39-15-26(16-40-34)22-7-11-30(36)12-8-22/h1-20H,35-36H2. The monoisotopic (exact) mass is 572 g/mol. The van der Waals surface area contributed by atoms with Crippen molar-refractivity contribution >= 4 is 11.4 Å². The molecule has 0 atom stereocenters. The number of aromatic nitrogens is 8. The minimum atomic E-state index is 0.551. The Morgan fingerprint density at radius 2 is 0.477 bits per heavy atom. The van der Waals surface area contributed by atoms with Crippen molar-refractivity contribution < 1.29 is 0 Å². The summed E-state index contributed by atoms with van der Waals surface area (Å²) in [6.45, 7) is 0. The lowest BCUT2D eigenvalue weighted by Gasteiger charge is -2.06. The van der Waals surface area contributed by atoms with Crippen molar-refractivity contribution in [2.45, 2.75) is 0 Å². The molecule has 0 spiro atoms. The highest BCUT2D eigenvalue weighted by molar-refractivity contribution is 5.68. The molecular weight excluding hydrogens is 548 g/mol. The number of hydrogen-bond acceptors (Lipinski definition) is 10. The van der Waals surface area contributed by atoms with Crippen molar-refractivity contribution in [3.05, 3.63) is 122 Å². The van der Waals surface area contributed by atoms with Gasteiger partial charge in [-0.2, -0.15) is 0 Å². The van der Waals surface area contributed by atoms with Crippen LogP contribution in [0, 0.1) is 0 Å². The van der Waals surface area contributed by atoms with Crippen molar-refractivity contribution in [1.29, 1.82) is 0 Å². The molecular formula is C34H24N10. The van der Waals surface area contributed by atoms with Crippen molar-refractivity contribution in [3.8, 4) is 67.8 Å². The van der Waals surface area contributed by atoms with Gasteiger partial charge in [0.1, 0.15) is 0 Å². The molecule has 4 aromatic heterocycles. The summed E-state index contributed by atoms with van der Waals surface area (Å²) in [5, 5.41) is 0. The first-order valence-electron chi connectivity index (χ1n) is 13.7. The van der Waals surface area contributed by atoms with E-state index in [9.17, 15) is 0 Å². The molecule has 0 aliphatic carbocycles. The van der Waals surface area contributed by atoms with E-state index in [-0.39, 0.29) is 0 Å². The largest absolute Gasteiger partial charge is 0.399 e. The first-order chi connectivity index (χ1) is 21.6. The molecule has 0 amide bonds. The number of anilines is 2. The zero-order valence-electron chi connectivity index (χ0n) is 23.3. The molecule has 4 heterocycles. The van der Waals surface area contributed by atoms with E-state index in [0.29, 0.717) is 34.7 Å². The molecule has 4 N–H and O–H groups in total. The van der Waals surface area contributed by atoms with Crippen LogP contribution in [-0.2, 0) is 0 Å². The van der Waals surface area contributed by atoms with Crippen LogP contribution in [0.15, 0.2) is 122 Å². The van der Waals surface area contributed by atoms with Gasteiger partial charge in [0, 0.05) is 83.2 Å². The molecule has 44 heavy (non-hydrogen) atoms. The van der Waals surface area contributed by atoms with Crippen LogP contribution in [0.4, 0.5) is 11.4 Å². The fourth-order valence-corrected chi connectivity index (χ4v) is 4.56. The van der Waals surface area contributed by atoms with Gasteiger partial charge in [0.25, 0.3) is 0 Å². The average Bonchev–Trinajstić information content (AvgIpc) is 3.09. The van der Waals surface area contributed by atoms with Crippen LogP contribution in [0.1, 0.15) is 0 Å². The summed E-state index contributed by atoms with van der Waals surface area (Å²) in [5.41, 5.74) is 20.0. The van der Waals surface area contributed by atoms with Gasteiger partial charge in [-0.3, -0.25) is 0 Å². The van der Waals surface area contributed by atoms with Gasteiger partial charge < -0.3 is 11.5 Å². The highest BCUT2D eigenvalue weighted by Gasteiger charge is 2.10. The first kappa shape index (κ1) is 26.5. The van der Waals surface area contributed by atoms with Gasteiger partial charge in [-0.05, 0) is 35.4 Å². The second-order valence-corrected chi connectivity index (χ2v) is 10.0.